The molecule has 0 aromatic rings. The topological polar surface area (TPSA) is 78.9 Å². The molecule has 2 amide bonds. The number of unbranched alkanes of at least 4 members (excludes halogenated alkanes) is 1. The van der Waals surface area contributed by atoms with Gasteiger partial charge < -0.3 is 20.1 Å². The van der Waals surface area contributed by atoms with E-state index >= 15 is 0 Å². The summed E-state index contributed by atoms with van der Waals surface area (Å²) in [7, 11) is 1.73. The van der Waals surface area contributed by atoms with E-state index in [9.17, 15) is 9.59 Å². The van der Waals surface area contributed by atoms with Gasteiger partial charge in [-0.05, 0) is 25.7 Å². The Labute approximate surface area is 113 Å². The molecule has 1 heterocycles. The van der Waals surface area contributed by atoms with Crippen LogP contribution in [-0.4, -0.2) is 54.4 Å². The molecule has 0 aromatic carbocycles. The van der Waals surface area contributed by atoms with E-state index in [-0.39, 0.29) is 12.1 Å². The van der Waals surface area contributed by atoms with E-state index in [4.69, 9.17) is 9.84 Å². The Morgan fingerprint density at radius 2 is 2.26 bits per heavy atom. The van der Waals surface area contributed by atoms with Gasteiger partial charge in [-0.15, -0.1) is 6.58 Å². The molecule has 108 valence electrons. The zero-order valence-electron chi connectivity index (χ0n) is 11.3. The average molecular weight is 270 g/mol. The lowest BCUT2D eigenvalue weighted by Crippen LogP contribution is -2.41. The van der Waals surface area contributed by atoms with Gasteiger partial charge in [-0.2, -0.15) is 0 Å². The number of aliphatic carboxylic acids is 1. The monoisotopic (exact) mass is 270 g/mol. The lowest BCUT2D eigenvalue weighted by atomic mass is 10.2. The second kappa shape index (κ2) is 7.78. The van der Waals surface area contributed by atoms with Gasteiger partial charge in [0, 0.05) is 20.1 Å². The molecule has 19 heavy (non-hydrogen) atoms. The van der Waals surface area contributed by atoms with E-state index in [1.54, 1.807) is 11.9 Å². The number of nitrogens with zero attached hydrogens (tertiary/aromatic N) is 1. The second-order valence-electron chi connectivity index (χ2n) is 4.70. The van der Waals surface area contributed by atoms with Crippen LogP contribution in [0.5, 0.6) is 0 Å². The van der Waals surface area contributed by atoms with Crippen molar-refractivity contribution in [2.45, 2.75) is 37.9 Å². The number of urea groups is 1. The standard InChI is InChI=1S/C13H22N2O4/c1-3-4-5-8-15(2)13(18)14-9-10-6-7-11(19-10)12(16)17/h3,10-11H,1,4-9H2,2H3,(H,14,18)(H,16,17). The SMILES string of the molecule is C=CCCCN(C)C(=O)NCC1CCC(C(=O)O)O1. The molecule has 2 unspecified atom stereocenters. The molecule has 2 atom stereocenters. The number of amides is 2. The smallest absolute Gasteiger partial charge is 0.332 e. The van der Waals surface area contributed by atoms with Crippen molar-refractivity contribution in [3.63, 3.8) is 0 Å². The normalized spacial score (nSPS) is 21.9. The van der Waals surface area contributed by atoms with Gasteiger partial charge in [-0.3, -0.25) is 0 Å². The van der Waals surface area contributed by atoms with Gasteiger partial charge in [-0.25, -0.2) is 9.59 Å². The Kier molecular flexibility index (Phi) is 6.35. The van der Waals surface area contributed by atoms with Gasteiger partial charge in [0.25, 0.3) is 0 Å². The van der Waals surface area contributed by atoms with Gasteiger partial charge >= 0.3 is 12.0 Å². The molecule has 0 aliphatic carbocycles. The van der Waals surface area contributed by atoms with Crippen LogP contribution in [-0.2, 0) is 9.53 Å². The molecule has 1 fully saturated rings. The molecule has 2 N–H and O–H groups in total. The lowest BCUT2D eigenvalue weighted by Gasteiger charge is -2.19. The quantitative estimate of drug-likeness (QED) is 0.538. The first-order valence-electron chi connectivity index (χ1n) is 6.52. The van der Waals surface area contributed by atoms with Gasteiger partial charge in [0.05, 0.1) is 6.10 Å². The maximum absolute atomic E-state index is 11.7. The number of hydrogen-bond donors (Lipinski definition) is 2. The molecule has 0 spiro atoms. The van der Waals surface area contributed by atoms with E-state index in [1.807, 2.05) is 6.08 Å². The van der Waals surface area contributed by atoms with Crippen molar-refractivity contribution in [2.24, 2.45) is 0 Å². The van der Waals surface area contributed by atoms with E-state index in [1.165, 1.54) is 0 Å². The minimum absolute atomic E-state index is 0.161. The fourth-order valence-electron chi connectivity index (χ4n) is 1.95. The summed E-state index contributed by atoms with van der Waals surface area (Å²) >= 11 is 0. The van der Waals surface area contributed by atoms with Crippen molar-refractivity contribution in [1.82, 2.24) is 10.2 Å². The third-order valence-corrected chi connectivity index (χ3v) is 3.11. The molecule has 1 saturated heterocycles. The zero-order chi connectivity index (χ0) is 14.3. The van der Waals surface area contributed by atoms with Crippen LogP contribution in [0.1, 0.15) is 25.7 Å². The Hall–Kier alpha value is -1.56. The number of allylic oxidation sites excluding steroid dienone is 1. The minimum Gasteiger partial charge on any atom is -0.479 e. The molecular formula is C13H22N2O4. The third-order valence-electron chi connectivity index (χ3n) is 3.11. The molecule has 0 saturated carbocycles. The molecular weight excluding hydrogens is 248 g/mol. The summed E-state index contributed by atoms with van der Waals surface area (Å²) < 4.78 is 5.31. The first-order valence-corrected chi connectivity index (χ1v) is 6.52. The van der Waals surface area contributed by atoms with Crippen molar-refractivity contribution >= 4 is 12.0 Å². The van der Waals surface area contributed by atoms with Crippen LogP contribution < -0.4 is 5.32 Å². The molecule has 6 nitrogen and oxygen atoms in total. The summed E-state index contributed by atoms with van der Waals surface area (Å²) in [5, 5.41) is 11.5. The molecule has 1 aliphatic heterocycles. The number of carboxylic acid groups (broad SMARTS) is 1. The van der Waals surface area contributed by atoms with Crippen LogP contribution in [0.25, 0.3) is 0 Å². The first kappa shape index (κ1) is 15.5. The number of ether oxygens (including phenoxy) is 1. The number of nitrogens with one attached hydrogen (secondary N) is 1. The number of rotatable bonds is 7. The van der Waals surface area contributed by atoms with Crippen molar-refractivity contribution in [2.75, 3.05) is 20.1 Å². The molecule has 0 aromatic heterocycles. The van der Waals surface area contributed by atoms with Crippen LogP contribution in [0.3, 0.4) is 0 Å². The summed E-state index contributed by atoms with van der Waals surface area (Å²) in [5.41, 5.74) is 0. The number of carbonyl (C=O) groups is 2. The predicted octanol–water partition coefficient (Wildman–Crippen LogP) is 1.23. The van der Waals surface area contributed by atoms with Gasteiger partial charge in [0.2, 0.25) is 0 Å². The third kappa shape index (κ3) is 5.30. The fourth-order valence-corrected chi connectivity index (χ4v) is 1.95. The summed E-state index contributed by atoms with van der Waals surface area (Å²) in [4.78, 5) is 24.0. The maximum Gasteiger partial charge on any atom is 0.332 e. The van der Waals surface area contributed by atoms with Crippen LogP contribution >= 0.6 is 0 Å². The average Bonchev–Trinajstić information content (AvgIpc) is 2.85. The molecule has 1 aliphatic rings. The second-order valence-corrected chi connectivity index (χ2v) is 4.70. The molecule has 0 radical (unpaired) electrons. The van der Waals surface area contributed by atoms with E-state index < -0.39 is 12.1 Å². The van der Waals surface area contributed by atoms with Crippen LogP contribution in [0.4, 0.5) is 4.79 Å². The number of hydrogen-bond acceptors (Lipinski definition) is 3. The van der Waals surface area contributed by atoms with E-state index in [0.717, 1.165) is 12.8 Å². The highest BCUT2D eigenvalue weighted by molar-refractivity contribution is 5.74. The van der Waals surface area contributed by atoms with E-state index in [2.05, 4.69) is 11.9 Å². The highest BCUT2D eigenvalue weighted by Gasteiger charge is 2.30. The Balaban J connectivity index is 2.19. The van der Waals surface area contributed by atoms with Gasteiger partial charge in [0.1, 0.15) is 0 Å². The number of carbonyl (C=O) groups excluding carboxylic acids is 1. The lowest BCUT2D eigenvalue weighted by molar-refractivity contribution is -0.149. The van der Waals surface area contributed by atoms with Crippen molar-refractivity contribution in [3.05, 3.63) is 12.7 Å². The molecule has 1 rings (SSSR count). The first-order chi connectivity index (χ1) is 9.04. The summed E-state index contributed by atoms with van der Waals surface area (Å²) in [6.07, 6.45) is 3.82. The summed E-state index contributed by atoms with van der Waals surface area (Å²) in [6, 6.07) is -0.161. The van der Waals surface area contributed by atoms with Crippen LogP contribution in [0.15, 0.2) is 12.7 Å². The Bertz CT molecular complexity index is 333. The zero-order valence-corrected chi connectivity index (χ0v) is 11.3. The largest absolute Gasteiger partial charge is 0.479 e. The summed E-state index contributed by atoms with van der Waals surface area (Å²) in [5.74, 6) is -0.935. The van der Waals surface area contributed by atoms with Crippen molar-refractivity contribution < 1.29 is 19.4 Å². The highest BCUT2D eigenvalue weighted by Crippen LogP contribution is 2.19. The Morgan fingerprint density at radius 3 is 2.84 bits per heavy atom. The van der Waals surface area contributed by atoms with Crippen molar-refractivity contribution in [1.29, 1.82) is 0 Å². The molecule has 0 bridgehead atoms. The number of carboxylic acids is 1. The minimum atomic E-state index is -0.935. The fraction of sp³-hybridized carbons (Fsp3) is 0.692. The summed E-state index contributed by atoms with van der Waals surface area (Å²) in [6.45, 7) is 4.65. The van der Waals surface area contributed by atoms with Gasteiger partial charge in [-0.1, -0.05) is 6.08 Å². The van der Waals surface area contributed by atoms with Crippen LogP contribution in [0.2, 0.25) is 0 Å². The predicted molar refractivity (Wildman–Crippen MR) is 71.0 cm³/mol. The van der Waals surface area contributed by atoms with Gasteiger partial charge in [0.15, 0.2) is 6.10 Å². The van der Waals surface area contributed by atoms with Crippen LogP contribution in [0, 0.1) is 0 Å². The van der Waals surface area contributed by atoms with E-state index in [0.29, 0.717) is 25.9 Å². The van der Waals surface area contributed by atoms with Crippen molar-refractivity contribution in [3.8, 4) is 0 Å². The molecule has 6 heteroatoms. The maximum atomic E-state index is 11.7. The highest BCUT2D eigenvalue weighted by atomic mass is 16.5. The Morgan fingerprint density at radius 1 is 1.53 bits per heavy atom.